The summed E-state index contributed by atoms with van der Waals surface area (Å²) in [7, 11) is 0. The van der Waals surface area contributed by atoms with Crippen molar-refractivity contribution in [3.63, 3.8) is 0 Å². The van der Waals surface area contributed by atoms with Crippen molar-refractivity contribution < 1.29 is 9.47 Å². The van der Waals surface area contributed by atoms with Gasteiger partial charge >= 0.3 is 0 Å². The lowest BCUT2D eigenvalue weighted by atomic mass is 10.1. The molecule has 0 aromatic heterocycles. The topological polar surface area (TPSA) is 18.5 Å². The van der Waals surface area contributed by atoms with E-state index in [2.05, 4.69) is 45.0 Å². The second-order valence-electron chi connectivity index (χ2n) is 7.54. The lowest BCUT2D eigenvalue weighted by Gasteiger charge is -2.31. The standard InChI is InChI=1S/C24H42O2/c1-4-6-8-10-12-17-21-25-24(3,23-19-15-14-16-20-23)26-22-18-13-11-9-7-5-2/h14-16,19-20H,4-13,17-18,21-22H2,1-3H3. The minimum atomic E-state index is -0.617. The summed E-state index contributed by atoms with van der Waals surface area (Å²) in [6.45, 7) is 8.14. The van der Waals surface area contributed by atoms with Crippen molar-refractivity contribution in [2.24, 2.45) is 0 Å². The zero-order valence-corrected chi connectivity index (χ0v) is 17.6. The molecule has 0 N–H and O–H groups in total. The third kappa shape index (κ3) is 10.3. The van der Waals surface area contributed by atoms with Crippen LogP contribution in [0.4, 0.5) is 0 Å². The maximum Gasteiger partial charge on any atom is 0.191 e. The maximum absolute atomic E-state index is 6.25. The van der Waals surface area contributed by atoms with E-state index in [9.17, 15) is 0 Å². The molecule has 150 valence electrons. The van der Waals surface area contributed by atoms with Crippen LogP contribution in [-0.2, 0) is 15.3 Å². The third-order valence-corrected chi connectivity index (χ3v) is 5.05. The van der Waals surface area contributed by atoms with Crippen LogP contribution >= 0.6 is 0 Å². The molecule has 0 saturated carbocycles. The van der Waals surface area contributed by atoms with E-state index in [4.69, 9.17) is 9.47 Å². The average Bonchev–Trinajstić information content (AvgIpc) is 2.67. The largest absolute Gasteiger partial charge is 0.346 e. The van der Waals surface area contributed by atoms with Crippen LogP contribution in [-0.4, -0.2) is 13.2 Å². The summed E-state index contributed by atoms with van der Waals surface area (Å²) in [5.74, 6) is -0.617. The Morgan fingerprint density at radius 1 is 0.615 bits per heavy atom. The molecule has 2 heteroatoms. The van der Waals surface area contributed by atoms with Crippen molar-refractivity contribution in [1.82, 2.24) is 0 Å². The molecule has 0 amide bonds. The van der Waals surface area contributed by atoms with Crippen LogP contribution in [0.1, 0.15) is 103 Å². The summed E-state index contributed by atoms with van der Waals surface area (Å²) in [5, 5.41) is 0. The first-order chi connectivity index (χ1) is 12.7. The molecule has 0 fully saturated rings. The van der Waals surface area contributed by atoms with Crippen molar-refractivity contribution in [3.8, 4) is 0 Å². The van der Waals surface area contributed by atoms with Crippen LogP contribution in [0.2, 0.25) is 0 Å². The molecule has 1 aromatic carbocycles. The van der Waals surface area contributed by atoms with E-state index in [1.807, 2.05) is 6.07 Å². The van der Waals surface area contributed by atoms with Gasteiger partial charge in [-0.2, -0.15) is 0 Å². The molecule has 0 unspecified atom stereocenters. The monoisotopic (exact) mass is 362 g/mol. The van der Waals surface area contributed by atoms with Gasteiger partial charge in [0.15, 0.2) is 5.79 Å². The minimum Gasteiger partial charge on any atom is -0.346 e. The quantitative estimate of drug-likeness (QED) is 0.210. The summed E-state index contributed by atoms with van der Waals surface area (Å²) < 4.78 is 12.5. The van der Waals surface area contributed by atoms with Gasteiger partial charge in [-0.05, 0) is 19.8 Å². The highest BCUT2D eigenvalue weighted by molar-refractivity contribution is 5.19. The summed E-state index contributed by atoms with van der Waals surface area (Å²) in [6, 6.07) is 10.4. The van der Waals surface area contributed by atoms with Crippen molar-refractivity contribution in [2.75, 3.05) is 13.2 Å². The maximum atomic E-state index is 6.25. The number of rotatable bonds is 17. The number of benzene rings is 1. The highest BCUT2D eigenvalue weighted by Gasteiger charge is 2.28. The molecule has 2 nitrogen and oxygen atoms in total. The van der Waals surface area contributed by atoms with Gasteiger partial charge in [0.25, 0.3) is 0 Å². The Morgan fingerprint density at radius 2 is 1.04 bits per heavy atom. The lowest BCUT2D eigenvalue weighted by molar-refractivity contribution is -0.235. The van der Waals surface area contributed by atoms with Gasteiger partial charge < -0.3 is 9.47 Å². The summed E-state index contributed by atoms with van der Waals surface area (Å²) in [6.07, 6.45) is 15.4. The predicted octanol–water partition coefficient (Wildman–Crippen LogP) is 7.61. The Labute approximate surface area is 162 Å². The molecule has 0 heterocycles. The van der Waals surface area contributed by atoms with Crippen LogP contribution in [0.15, 0.2) is 30.3 Å². The molecule has 0 saturated heterocycles. The molecule has 0 aliphatic rings. The molecule has 0 spiro atoms. The fourth-order valence-electron chi connectivity index (χ4n) is 3.25. The van der Waals surface area contributed by atoms with Crippen LogP contribution in [0, 0.1) is 0 Å². The Kier molecular flexibility index (Phi) is 13.6. The van der Waals surface area contributed by atoms with Gasteiger partial charge in [-0.3, -0.25) is 0 Å². The first-order valence-corrected chi connectivity index (χ1v) is 11.1. The molecule has 0 aliphatic carbocycles. The fourth-order valence-corrected chi connectivity index (χ4v) is 3.25. The van der Waals surface area contributed by atoms with E-state index >= 15 is 0 Å². The number of hydrogen-bond acceptors (Lipinski definition) is 2. The van der Waals surface area contributed by atoms with Crippen molar-refractivity contribution >= 4 is 0 Å². The predicted molar refractivity (Wildman–Crippen MR) is 112 cm³/mol. The van der Waals surface area contributed by atoms with Crippen molar-refractivity contribution in [3.05, 3.63) is 35.9 Å². The molecule has 1 rings (SSSR count). The number of ether oxygens (including phenoxy) is 2. The molecule has 0 aliphatic heterocycles. The Balaban J connectivity index is 2.35. The molecule has 26 heavy (non-hydrogen) atoms. The van der Waals surface area contributed by atoms with E-state index in [0.717, 1.165) is 31.6 Å². The second-order valence-corrected chi connectivity index (χ2v) is 7.54. The molecule has 1 aromatic rings. The van der Waals surface area contributed by atoms with Gasteiger partial charge in [0.1, 0.15) is 0 Å². The highest BCUT2D eigenvalue weighted by atomic mass is 16.7. The van der Waals surface area contributed by atoms with Crippen molar-refractivity contribution in [1.29, 1.82) is 0 Å². The molecular weight excluding hydrogens is 320 g/mol. The Hall–Kier alpha value is -0.860. The van der Waals surface area contributed by atoms with Crippen LogP contribution in [0.25, 0.3) is 0 Å². The minimum absolute atomic E-state index is 0.617. The van der Waals surface area contributed by atoms with Gasteiger partial charge in [0.05, 0.1) is 13.2 Å². The fraction of sp³-hybridized carbons (Fsp3) is 0.750. The normalized spacial score (nSPS) is 11.8. The first-order valence-electron chi connectivity index (χ1n) is 11.1. The molecular formula is C24H42O2. The zero-order valence-electron chi connectivity index (χ0n) is 17.6. The van der Waals surface area contributed by atoms with E-state index in [1.165, 1.54) is 64.2 Å². The molecule has 0 atom stereocenters. The average molecular weight is 363 g/mol. The number of unbranched alkanes of at least 4 members (excludes halogenated alkanes) is 10. The highest BCUT2D eigenvalue weighted by Crippen LogP contribution is 2.28. The second kappa shape index (κ2) is 15.2. The van der Waals surface area contributed by atoms with Gasteiger partial charge in [-0.15, -0.1) is 0 Å². The summed E-state index contributed by atoms with van der Waals surface area (Å²) in [5.41, 5.74) is 1.12. The first kappa shape index (κ1) is 23.2. The summed E-state index contributed by atoms with van der Waals surface area (Å²) in [4.78, 5) is 0. The van der Waals surface area contributed by atoms with E-state index in [1.54, 1.807) is 0 Å². The van der Waals surface area contributed by atoms with Crippen molar-refractivity contribution in [2.45, 2.75) is 104 Å². The van der Waals surface area contributed by atoms with Crippen LogP contribution in [0.5, 0.6) is 0 Å². The van der Waals surface area contributed by atoms with Gasteiger partial charge in [0.2, 0.25) is 0 Å². The van der Waals surface area contributed by atoms with Gasteiger partial charge in [-0.25, -0.2) is 0 Å². The smallest absolute Gasteiger partial charge is 0.191 e. The number of hydrogen-bond donors (Lipinski definition) is 0. The van der Waals surface area contributed by atoms with E-state index in [0.29, 0.717) is 0 Å². The van der Waals surface area contributed by atoms with Gasteiger partial charge in [-0.1, -0.05) is 108 Å². The van der Waals surface area contributed by atoms with E-state index in [-0.39, 0.29) is 0 Å². The third-order valence-electron chi connectivity index (χ3n) is 5.05. The molecule has 0 bridgehead atoms. The van der Waals surface area contributed by atoms with Gasteiger partial charge in [0, 0.05) is 5.56 Å². The van der Waals surface area contributed by atoms with Crippen LogP contribution < -0.4 is 0 Å². The zero-order chi connectivity index (χ0) is 18.9. The Bertz CT molecular complexity index is 397. The van der Waals surface area contributed by atoms with E-state index < -0.39 is 5.79 Å². The lowest BCUT2D eigenvalue weighted by Crippen LogP contribution is -2.30. The molecule has 0 radical (unpaired) electrons. The SMILES string of the molecule is CCCCCCCCOC(C)(OCCCCCCCC)c1ccccc1. The Morgan fingerprint density at radius 3 is 1.50 bits per heavy atom. The summed E-state index contributed by atoms with van der Waals surface area (Å²) >= 11 is 0. The van der Waals surface area contributed by atoms with Crippen LogP contribution in [0.3, 0.4) is 0 Å².